The monoisotopic (exact) mass is 459 g/mol. The normalized spacial score (nSPS) is 14.7. The number of amides is 1. The van der Waals surface area contributed by atoms with Crippen molar-refractivity contribution in [3.63, 3.8) is 0 Å². The molecular formula is C21H22BrN3O4. The molecule has 1 aromatic carbocycles. The van der Waals surface area contributed by atoms with E-state index in [1.807, 2.05) is 24.3 Å². The van der Waals surface area contributed by atoms with Crippen molar-refractivity contribution >= 4 is 21.8 Å². The fraction of sp³-hybridized carbons (Fsp3) is 0.381. The molecule has 3 aromatic rings. The third kappa shape index (κ3) is 4.37. The van der Waals surface area contributed by atoms with Gasteiger partial charge in [-0.1, -0.05) is 24.4 Å². The average Bonchev–Trinajstić information content (AvgIpc) is 3.41. The van der Waals surface area contributed by atoms with E-state index in [2.05, 4.69) is 26.1 Å². The minimum atomic E-state index is -0.169. The SMILES string of the molecule is COc1ccc(-c2noc(CN(C(=O)c3occc3Br)C3CCCCC3)n2)cc1. The van der Waals surface area contributed by atoms with Crippen molar-refractivity contribution in [1.29, 1.82) is 0 Å². The second-order valence-corrected chi connectivity index (χ2v) is 7.92. The molecule has 0 saturated heterocycles. The zero-order valence-electron chi connectivity index (χ0n) is 16.1. The molecule has 1 aliphatic carbocycles. The molecule has 0 bridgehead atoms. The van der Waals surface area contributed by atoms with Crippen LogP contribution in [-0.2, 0) is 6.54 Å². The van der Waals surface area contributed by atoms with E-state index in [0.717, 1.165) is 37.0 Å². The van der Waals surface area contributed by atoms with Gasteiger partial charge in [-0.25, -0.2) is 0 Å². The maximum absolute atomic E-state index is 13.2. The molecule has 1 aliphatic rings. The molecule has 7 nitrogen and oxygen atoms in total. The third-order valence-corrected chi connectivity index (χ3v) is 5.83. The van der Waals surface area contributed by atoms with Crippen LogP contribution in [0.15, 0.2) is 50.0 Å². The Bertz CT molecular complexity index is 960. The summed E-state index contributed by atoms with van der Waals surface area (Å²) in [5, 5.41) is 4.08. The average molecular weight is 460 g/mol. The van der Waals surface area contributed by atoms with Gasteiger partial charge in [-0.05, 0) is 59.1 Å². The number of hydrogen-bond acceptors (Lipinski definition) is 6. The predicted octanol–water partition coefficient (Wildman–Crippen LogP) is 5.08. The Labute approximate surface area is 177 Å². The highest BCUT2D eigenvalue weighted by molar-refractivity contribution is 9.10. The summed E-state index contributed by atoms with van der Waals surface area (Å²) >= 11 is 3.39. The maximum Gasteiger partial charge on any atom is 0.291 e. The fourth-order valence-corrected chi connectivity index (χ4v) is 4.03. The van der Waals surface area contributed by atoms with Gasteiger partial charge in [-0.3, -0.25) is 4.79 Å². The van der Waals surface area contributed by atoms with E-state index in [9.17, 15) is 4.79 Å². The van der Waals surface area contributed by atoms with Crippen molar-refractivity contribution in [1.82, 2.24) is 15.0 Å². The molecular weight excluding hydrogens is 438 g/mol. The van der Waals surface area contributed by atoms with Crippen LogP contribution in [0.25, 0.3) is 11.4 Å². The molecule has 0 N–H and O–H groups in total. The molecule has 152 valence electrons. The first-order valence-corrected chi connectivity index (χ1v) is 10.5. The van der Waals surface area contributed by atoms with Gasteiger partial charge in [0.05, 0.1) is 17.8 Å². The first-order chi connectivity index (χ1) is 14.2. The summed E-state index contributed by atoms with van der Waals surface area (Å²) in [5.41, 5.74) is 0.824. The first-order valence-electron chi connectivity index (χ1n) is 9.66. The quantitative estimate of drug-likeness (QED) is 0.511. The molecule has 8 heteroatoms. The van der Waals surface area contributed by atoms with Crippen LogP contribution in [0.4, 0.5) is 0 Å². The zero-order chi connectivity index (χ0) is 20.2. The number of nitrogens with zero attached hydrogens (tertiary/aromatic N) is 3. The van der Waals surface area contributed by atoms with E-state index in [1.54, 1.807) is 18.1 Å². The summed E-state index contributed by atoms with van der Waals surface area (Å²) in [6.45, 7) is 0.250. The zero-order valence-corrected chi connectivity index (χ0v) is 17.7. The number of benzene rings is 1. The Kier molecular flexibility index (Phi) is 5.99. The second kappa shape index (κ2) is 8.82. The van der Waals surface area contributed by atoms with Crippen LogP contribution in [0.2, 0.25) is 0 Å². The van der Waals surface area contributed by atoms with Crippen LogP contribution in [0.5, 0.6) is 5.75 Å². The van der Waals surface area contributed by atoms with E-state index < -0.39 is 0 Å². The Balaban J connectivity index is 1.56. The maximum atomic E-state index is 13.2. The number of rotatable bonds is 6. The molecule has 2 aromatic heterocycles. The van der Waals surface area contributed by atoms with Crippen molar-refractivity contribution in [2.75, 3.05) is 7.11 Å². The van der Waals surface area contributed by atoms with Crippen molar-refractivity contribution in [2.24, 2.45) is 0 Å². The summed E-state index contributed by atoms with van der Waals surface area (Å²) < 4.78 is 16.7. The van der Waals surface area contributed by atoms with Crippen LogP contribution >= 0.6 is 15.9 Å². The molecule has 4 rings (SSSR count). The van der Waals surface area contributed by atoms with E-state index in [0.29, 0.717) is 21.9 Å². The van der Waals surface area contributed by atoms with E-state index in [4.69, 9.17) is 13.7 Å². The summed E-state index contributed by atoms with van der Waals surface area (Å²) in [6, 6.07) is 9.29. The van der Waals surface area contributed by atoms with Gasteiger partial charge in [0.15, 0.2) is 0 Å². The van der Waals surface area contributed by atoms with Gasteiger partial charge in [0.25, 0.3) is 5.91 Å². The largest absolute Gasteiger partial charge is 0.497 e. The highest BCUT2D eigenvalue weighted by Gasteiger charge is 2.30. The van der Waals surface area contributed by atoms with Crippen molar-refractivity contribution in [2.45, 2.75) is 44.7 Å². The second-order valence-electron chi connectivity index (χ2n) is 7.06. The van der Waals surface area contributed by atoms with Crippen LogP contribution in [0.1, 0.15) is 48.5 Å². The Hall–Kier alpha value is -2.61. The standard InChI is InChI=1S/C21H22BrN3O4/c1-27-16-9-7-14(8-10-16)20-23-18(29-24-20)13-25(15-5-3-2-4-6-15)21(26)19-17(22)11-12-28-19/h7-12,15H,2-6,13H2,1H3. The number of methoxy groups -OCH3 is 1. The van der Waals surface area contributed by atoms with E-state index in [1.165, 1.54) is 12.7 Å². The minimum Gasteiger partial charge on any atom is -0.497 e. The number of halogens is 1. The van der Waals surface area contributed by atoms with Crippen molar-refractivity contribution < 1.29 is 18.5 Å². The van der Waals surface area contributed by atoms with Gasteiger partial charge < -0.3 is 18.6 Å². The lowest BCUT2D eigenvalue weighted by Gasteiger charge is -2.32. The fourth-order valence-electron chi connectivity index (χ4n) is 3.66. The molecule has 2 heterocycles. The molecule has 0 atom stereocenters. The smallest absolute Gasteiger partial charge is 0.291 e. The molecule has 1 amide bonds. The molecule has 29 heavy (non-hydrogen) atoms. The number of furan rings is 1. The molecule has 0 spiro atoms. The van der Waals surface area contributed by atoms with Gasteiger partial charge in [0.2, 0.25) is 17.5 Å². The molecule has 0 unspecified atom stereocenters. The molecule has 1 saturated carbocycles. The third-order valence-electron chi connectivity index (χ3n) is 5.21. The topological polar surface area (TPSA) is 81.6 Å². The molecule has 0 aliphatic heterocycles. The number of carbonyl (C=O) groups is 1. The number of aromatic nitrogens is 2. The van der Waals surface area contributed by atoms with Gasteiger partial charge >= 0.3 is 0 Å². The van der Waals surface area contributed by atoms with E-state index in [-0.39, 0.29) is 18.5 Å². The number of hydrogen-bond donors (Lipinski definition) is 0. The lowest BCUT2D eigenvalue weighted by atomic mass is 9.94. The number of carbonyl (C=O) groups excluding carboxylic acids is 1. The van der Waals surface area contributed by atoms with Crippen LogP contribution in [-0.4, -0.2) is 34.1 Å². The first kappa shape index (κ1) is 19.7. The Morgan fingerprint density at radius 2 is 1.97 bits per heavy atom. The van der Waals surface area contributed by atoms with Gasteiger partial charge in [-0.15, -0.1) is 0 Å². The summed E-state index contributed by atoms with van der Waals surface area (Å²) in [4.78, 5) is 19.5. The van der Waals surface area contributed by atoms with Crippen LogP contribution in [0.3, 0.4) is 0 Å². The highest BCUT2D eigenvalue weighted by Crippen LogP contribution is 2.28. The summed E-state index contributed by atoms with van der Waals surface area (Å²) in [6.07, 6.45) is 6.84. The Morgan fingerprint density at radius 1 is 1.21 bits per heavy atom. The summed E-state index contributed by atoms with van der Waals surface area (Å²) in [7, 11) is 1.62. The van der Waals surface area contributed by atoms with Gasteiger partial charge in [0.1, 0.15) is 12.3 Å². The van der Waals surface area contributed by atoms with Gasteiger partial charge in [0, 0.05) is 11.6 Å². The Morgan fingerprint density at radius 3 is 2.62 bits per heavy atom. The van der Waals surface area contributed by atoms with Crippen LogP contribution < -0.4 is 4.74 Å². The van der Waals surface area contributed by atoms with E-state index >= 15 is 0 Å². The molecule has 1 fully saturated rings. The van der Waals surface area contributed by atoms with Crippen molar-refractivity contribution in [3.05, 3.63) is 52.7 Å². The lowest BCUT2D eigenvalue weighted by molar-refractivity contribution is 0.0552. The lowest BCUT2D eigenvalue weighted by Crippen LogP contribution is -2.41. The summed E-state index contributed by atoms with van der Waals surface area (Å²) in [5.74, 6) is 1.77. The predicted molar refractivity (Wildman–Crippen MR) is 109 cm³/mol. The van der Waals surface area contributed by atoms with Crippen LogP contribution in [0, 0.1) is 0 Å². The number of ether oxygens (including phenoxy) is 1. The highest BCUT2D eigenvalue weighted by atomic mass is 79.9. The minimum absolute atomic E-state index is 0.129. The van der Waals surface area contributed by atoms with Crippen molar-refractivity contribution in [3.8, 4) is 17.1 Å². The van der Waals surface area contributed by atoms with Gasteiger partial charge in [-0.2, -0.15) is 4.98 Å². The molecule has 0 radical (unpaired) electrons.